The first-order chi connectivity index (χ1) is 10.7. The fourth-order valence-corrected chi connectivity index (χ4v) is 4.03. The first kappa shape index (κ1) is 13.8. The summed E-state index contributed by atoms with van der Waals surface area (Å²) in [5, 5.41) is 7.18. The van der Waals surface area contributed by atoms with Crippen molar-refractivity contribution in [2.24, 2.45) is 5.10 Å². The Bertz CT molecular complexity index is 794. The summed E-state index contributed by atoms with van der Waals surface area (Å²) in [6, 6.07) is 2.18. The second-order valence-corrected chi connectivity index (χ2v) is 6.83. The van der Waals surface area contributed by atoms with Gasteiger partial charge in [0.1, 0.15) is 16.6 Å². The summed E-state index contributed by atoms with van der Waals surface area (Å²) in [6.07, 6.45) is 6.70. The van der Waals surface area contributed by atoms with E-state index in [1.807, 2.05) is 11.2 Å². The van der Waals surface area contributed by atoms with E-state index in [0.29, 0.717) is 16.8 Å². The zero-order valence-electron chi connectivity index (χ0n) is 12.0. The minimum atomic E-state index is -0.588. The molecule has 2 aromatic rings. The molecule has 2 heterocycles. The molecule has 1 aromatic carbocycles. The molecule has 4 rings (SSSR count). The molecule has 3 nitrogen and oxygen atoms in total. The first-order valence-corrected chi connectivity index (χ1v) is 8.25. The Morgan fingerprint density at radius 3 is 2.95 bits per heavy atom. The summed E-state index contributed by atoms with van der Waals surface area (Å²) in [4.78, 5) is 4.34. The monoisotopic (exact) mass is 319 g/mol. The molecule has 6 heteroatoms. The van der Waals surface area contributed by atoms with Crippen molar-refractivity contribution in [2.45, 2.75) is 32.2 Å². The van der Waals surface area contributed by atoms with Gasteiger partial charge in [0.2, 0.25) is 0 Å². The molecule has 0 bridgehead atoms. The fraction of sp³-hybridized carbons (Fsp3) is 0.375. The lowest BCUT2D eigenvalue weighted by Crippen LogP contribution is -2.25. The molecule has 1 aromatic heterocycles. The topological polar surface area (TPSA) is 28.5 Å². The Kier molecular flexibility index (Phi) is 3.41. The van der Waals surface area contributed by atoms with Crippen molar-refractivity contribution in [1.29, 1.82) is 0 Å². The van der Waals surface area contributed by atoms with Crippen LogP contribution in [-0.2, 0) is 6.54 Å². The number of rotatable bonds is 2. The van der Waals surface area contributed by atoms with E-state index in [-0.39, 0.29) is 0 Å². The fourth-order valence-electron chi connectivity index (χ4n) is 3.07. The molecule has 2 aliphatic rings. The standard InChI is InChI=1S/C16H15F2N3S/c17-12-5-13(18)16-14(6-12)20-15(22-16)9-21-8-11-4-2-1-3-10(11)7-19-21/h5-7H,1-4,8-9H2. The molecule has 1 aliphatic heterocycles. The molecule has 1 aliphatic carbocycles. The predicted molar refractivity (Wildman–Crippen MR) is 83.9 cm³/mol. The largest absolute Gasteiger partial charge is 0.286 e. The minimum Gasteiger partial charge on any atom is -0.286 e. The van der Waals surface area contributed by atoms with Gasteiger partial charge in [0.25, 0.3) is 0 Å². The maximum atomic E-state index is 13.7. The van der Waals surface area contributed by atoms with Crippen molar-refractivity contribution < 1.29 is 8.78 Å². The van der Waals surface area contributed by atoms with E-state index in [4.69, 9.17) is 0 Å². The van der Waals surface area contributed by atoms with Gasteiger partial charge in [0.15, 0.2) is 0 Å². The van der Waals surface area contributed by atoms with E-state index in [1.54, 1.807) is 0 Å². The molecule has 22 heavy (non-hydrogen) atoms. The molecule has 0 amide bonds. The molecule has 114 valence electrons. The predicted octanol–water partition coefficient (Wildman–Crippen LogP) is 4.25. The molecule has 0 atom stereocenters. The van der Waals surface area contributed by atoms with Gasteiger partial charge in [-0.15, -0.1) is 11.3 Å². The molecular formula is C16H15F2N3S. The van der Waals surface area contributed by atoms with Gasteiger partial charge in [0, 0.05) is 12.1 Å². The summed E-state index contributed by atoms with van der Waals surface area (Å²) in [7, 11) is 0. The molecule has 0 radical (unpaired) electrons. The van der Waals surface area contributed by atoms with E-state index < -0.39 is 11.6 Å². The van der Waals surface area contributed by atoms with Gasteiger partial charge >= 0.3 is 0 Å². The van der Waals surface area contributed by atoms with E-state index in [1.165, 1.54) is 41.4 Å². The van der Waals surface area contributed by atoms with Crippen molar-refractivity contribution in [3.63, 3.8) is 0 Å². The van der Waals surface area contributed by atoms with Crippen molar-refractivity contribution in [3.8, 4) is 0 Å². The minimum absolute atomic E-state index is 0.385. The Labute approximate surface area is 131 Å². The Morgan fingerprint density at radius 1 is 1.18 bits per heavy atom. The third kappa shape index (κ3) is 2.52. The van der Waals surface area contributed by atoms with Gasteiger partial charge in [0.05, 0.1) is 29.5 Å². The molecule has 0 unspecified atom stereocenters. The molecule has 0 N–H and O–H groups in total. The average molecular weight is 319 g/mol. The zero-order valence-corrected chi connectivity index (χ0v) is 12.8. The number of halogens is 2. The van der Waals surface area contributed by atoms with Crippen LogP contribution in [0.25, 0.3) is 10.2 Å². The van der Waals surface area contributed by atoms with Crippen LogP contribution < -0.4 is 0 Å². The number of hydrogen-bond donors (Lipinski definition) is 0. The van der Waals surface area contributed by atoms with Gasteiger partial charge < -0.3 is 0 Å². The Balaban J connectivity index is 1.56. The number of hydrazone groups is 1. The van der Waals surface area contributed by atoms with Crippen LogP contribution in [0.4, 0.5) is 8.78 Å². The Morgan fingerprint density at radius 2 is 2.05 bits per heavy atom. The second-order valence-electron chi connectivity index (χ2n) is 5.75. The number of aromatic nitrogens is 1. The van der Waals surface area contributed by atoms with E-state index in [9.17, 15) is 8.78 Å². The highest BCUT2D eigenvalue weighted by Crippen LogP contribution is 2.30. The lowest BCUT2D eigenvalue weighted by molar-refractivity contribution is 0.294. The van der Waals surface area contributed by atoms with Gasteiger partial charge in [-0.1, -0.05) is 0 Å². The summed E-state index contributed by atoms with van der Waals surface area (Å²) >= 11 is 1.27. The highest BCUT2D eigenvalue weighted by Gasteiger charge is 2.19. The maximum absolute atomic E-state index is 13.7. The van der Waals surface area contributed by atoms with Crippen LogP contribution >= 0.6 is 11.3 Å². The van der Waals surface area contributed by atoms with Crippen LogP contribution in [0.2, 0.25) is 0 Å². The van der Waals surface area contributed by atoms with Crippen LogP contribution in [-0.4, -0.2) is 22.8 Å². The first-order valence-electron chi connectivity index (χ1n) is 7.43. The quantitative estimate of drug-likeness (QED) is 0.828. The van der Waals surface area contributed by atoms with Crippen LogP contribution in [0, 0.1) is 11.6 Å². The summed E-state index contributed by atoms with van der Waals surface area (Å²) in [5.74, 6) is -1.13. The van der Waals surface area contributed by atoms with Crippen LogP contribution in [0.15, 0.2) is 28.4 Å². The lowest BCUT2D eigenvalue weighted by Gasteiger charge is -2.28. The lowest BCUT2D eigenvalue weighted by atomic mass is 9.91. The number of fused-ring (bicyclic) bond motifs is 1. The number of thiazole rings is 1. The number of allylic oxidation sites excluding steroid dienone is 1. The van der Waals surface area contributed by atoms with Crippen molar-refractivity contribution >= 4 is 27.8 Å². The summed E-state index contributed by atoms with van der Waals surface area (Å²) in [5.41, 5.74) is 3.22. The van der Waals surface area contributed by atoms with Gasteiger partial charge in [-0.25, -0.2) is 13.8 Å². The third-order valence-corrected chi connectivity index (χ3v) is 5.21. The highest BCUT2D eigenvalue weighted by atomic mass is 32.1. The number of benzene rings is 1. The van der Waals surface area contributed by atoms with Crippen molar-refractivity contribution in [2.75, 3.05) is 6.54 Å². The van der Waals surface area contributed by atoms with E-state index in [2.05, 4.69) is 10.1 Å². The normalized spacial score (nSPS) is 18.2. The molecular weight excluding hydrogens is 304 g/mol. The molecule has 0 fully saturated rings. The van der Waals surface area contributed by atoms with Crippen molar-refractivity contribution in [3.05, 3.63) is 39.9 Å². The summed E-state index contributed by atoms with van der Waals surface area (Å²) in [6.45, 7) is 1.35. The molecule has 0 saturated carbocycles. The summed E-state index contributed by atoms with van der Waals surface area (Å²) < 4.78 is 27.4. The third-order valence-electron chi connectivity index (χ3n) is 4.15. The van der Waals surface area contributed by atoms with E-state index in [0.717, 1.165) is 30.5 Å². The van der Waals surface area contributed by atoms with Gasteiger partial charge in [-0.05, 0) is 36.8 Å². The smallest absolute Gasteiger partial charge is 0.145 e. The second kappa shape index (κ2) is 5.43. The maximum Gasteiger partial charge on any atom is 0.145 e. The van der Waals surface area contributed by atoms with Gasteiger partial charge in [-0.2, -0.15) is 5.10 Å². The van der Waals surface area contributed by atoms with Crippen LogP contribution in [0.3, 0.4) is 0 Å². The van der Waals surface area contributed by atoms with E-state index >= 15 is 0 Å². The Hall–Kier alpha value is -1.82. The number of nitrogens with zero attached hydrogens (tertiary/aromatic N) is 3. The average Bonchev–Trinajstić information content (AvgIpc) is 2.90. The van der Waals surface area contributed by atoms with Crippen LogP contribution in [0.5, 0.6) is 0 Å². The van der Waals surface area contributed by atoms with Gasteiger partial charge in [-0.3, -0.25) is 5.01 Å². The molecule has 0 saturated heterocycles. The van der Waals surface area contributed by atoms with Crippen molar-refractivity contribution in [1.82, 2.24) is 9.99 Å². The highest BCUT2D eigenvalue weighted by molar-refractivity contribution is 7.18. The number of hydrogen-bond acceptors (Lipinski definition) is 4. The molecule has 0 spiro atoms. The van der Waals surface area contributed by atoms with Crippen LogP contribution in [0.1, 0.15) is 30.7 Å². The SMILES string of the molecule is Fc1cc(F)c2sc(CN3CC4=C(C=N3)CCCC4)nc2c1. The zero-order chi connectivity index (χ0) is 15.1.